The monoisotopic (exact) mass is 115 g/mol. The maximum absolute atomic E-state index is 5.49. The van der Waals surface area contributed by atoms with E-state index >= 15 is 0 Å². The summed E-state index contributed by atoms with van der Waals surface area (Å²) in [7, 11) is 1.91. The number of hydrazine groups is 1. The molecule has 3 heteroatoms. The number of nitrogens with one attached hydrogen (secondary N) is 1. The summed E-state index contributed by atoms with van der Waals surface area (Å²) in [5.41, 5.74) is 0. The minimum atomic E-state index is 0.565. The van der Waals surface area contributed by atoms with Gasteiger partial charge in [-0.25, -0.2) is 5.01 Å². The van der Waals surface area contributed by atoms with Crippen molar-refractivity contribution in [1.82, 2.24) is 10.3 Å². The van der Waals surface area contributed by atoms with Gasteiger partial charge in [0.2, 0.25) is 0 Å². The van der Waals surface area contributed by atoms with Gasteiger partial charge in [0.05, 0.1) is 0 Å². The molecule has 0 saturated carbocycles. The van der Waals surface area contributed by atoms with E-state index in [4.69, 9.17) is 5.84 Å². The van der Waals surface area contributed by atoms with Crippen molar-refractivity contribution in [2.24, 2.45) is 5.84 Å². The zero-order valence-corrected chi connectivity index (χ0v) is 5.22. The molecule has 1 unspecified atom stereocenters. The summed E-state index contributed by atoms with van der Waals surface area (Å²) < 4.78 is 0. The Bertz CT molecular complexity index is 66.1. The third kappa shape index (κ3) is 1.18. The molecule has 0 aromatic rings. The van der Waals surface area contributed by atoms with Gasteiger partial charge in [-0.2, -0.15) is 0 Å². The van der Waals surface area contributed by atoms with Gasteiger partial charge < -0.3 is 5.32 Å². The lowest BCUT2D eigenvalue weighted by molar-refractivity contribution is 0.265. The first kappa shape index (κ1) is 6.01. The molecule has 0 aromatic heterocycles. The van der Waals surface area contributed by atoms with Crippen molar-refractivity contribution in [3.8, 4) is 0 Å². The Hall–Kier alpha value is -0.120. The van der Waals surface area contributed by atoms with Crippen LogP contribution in [0.5, 0.6) is 0 Å². The van der Waals surface area contributed by atoms with Crippen molar-refractivity contribution >= 4 is 0 Å². The maximum Gasteiger partial charge on any atom is 0.0374 e. The van der Waals surface area contributed by atoms with Crippen LogP contribution in [-0.4, -0.2) is 31.2 Å². The third-order valence-corrected chi connectivity index (χ3v) is 1.61. The molecule has 3 N–H and O–H groups in total. The van der Waals surface area contributed by atoms with Crippen LogP contribution < -0.4 is 11.2 Å². The Morgan fingerprint density at radius 1 is 1.75 bits per heavy atom. The highest BCUT2D eigenvalue weighted by molar-refractivity contribution is 4.75. The molecule has 48 valence electrons. The summed E-state index contributed by atoms with van der Waals surface area (Å²) in [6.45, 7) is 2.17. The lowest BCUT2D eigenvalue weighted by Gasteiger charge is -2.15. The highest BCUT2D eigenvalue weighted by Gasteiger charge is 2.15. The molecular weight excluding hydrogens is 102 g/mol. The summed E-state index contributed by atoms with van der Waals surface area (Å²) >= 11 is 0. The SMILES string of the molecule is CN(N)C1CCNC1. The summed E-state index contributed by atoms with van der Waals surface area (Å²) in [6.07, 6.45) is 1.19. The second-order valence-corrected chi connectivity index (χ2v) is 2.31. The highest BCUT2D eigenvalue weighted by Crippen LogP contribution is 2.00. The molecule has 0 aromatic carbocycles. The van der Waals surface area contributed by atoms with Gasteiger partial charge in [-0.05, 0) is 13.0 Å². The Morgan fingerprint density at radius 3 is 2.75 bits per heavy atom. The van der Waals surface area contributed by atoms with Crippen molar-refractivity contribution in [3.05, 3.63) is 0 Å². The van der Waals surface area contributed by atoms with E-state index in [2.05, 4.69) is 5.32 Å². The van der Waals surface area contributed by atoms with E-state index in [1.165, 1.54) is 6.42 Å². The zero-order valence-electron chi connectivity index (χ0n) is 5.22. The van der Waals surface area contributed by atoms with E-state index in [0.29, 0.717) is 6.04 Å². The first-order chi connectivity index (χ1) is 3.80. The first-order valence-corrected chi connectivity index (χ1v) is 2.99. The molecule has 3 nitrogen and oxygen atoms in total. The average Bonchev–Trinajstić information content (AvgIpc) is 2.12. The largest absolute Gasteiger partial charge is 0.315 e. The van der Waals surface area contributed by atoms with Gasteiger partial charge in [0.15, 0.2) is 0 Å². The Kier molecular flexibility index (Phi) is 1.83. The summed E-state index contributed by atoms with van der Waals surface area (Å²) in [5, 5.41) is 5.01. The Morgan fingerprint density at radius 2 is 2.50 bits per heavy atom. The Balaban J connectivity index is 2.24. The molecule has 0 bridgehead atoms. The number of hydrogen-bond donors (Lipinski definition) is 2. The standard InChI is InChI=1S/C5H13N3/c1-8(6)5-2-3-7-4-5/h5,7H,2-4,6H2,1H3. The quantitative estimate of drug-likeness (QED) is 0.345. The van der Waals surface area contributed by atoms with E-state index in [9.17, 15) is 0 Å². The minimum Gasteiger partial charge on any atom is -0.315 e. The summed E-state index contributed by atoms with van der Waals surface area (Å²) in [6, 6.07) is 0.565. The van der Waals surface area contributed by atoms with Crippen LogP contribution in [0.15, 0.2) is 0 Å². The summed E-state index contributed by atoms with van der Waals surface area (Å²) in [5.74, 6) is 5.49. The van der Waals surface area contributed by atoms with Gasteiger partial charge in [0.25, 0.3) is 0 Å². The smallest absolute Gasteiger partial charge is 0.0374 e. The molecule has 1 rings (SSSR count). The molecule has 1 fully saturated rings. The molecular formula is C5H13N3. The van der Waals surface area contributed by atoms with Gasteiger partial charge in [0, 0.05) is 19.6 Å². The normalized spacial score (nSPS) is 29.6. The molecule has 1 aliphatic rings. The van der Waals surface area contributed by atoms with Crippen LogP contribution in [0.25, 0.3) is 0 Å². The van der Waals surface area contributed by atoms with Crippen molar-refractivity contribution in [1.29, 1.82) is 0 Å². The molecule has 8 heavy (non-hydrogen) atoms. The van der Waals surface area contributed by atoms with Crippen molar-refractivity contribution in [2.75, 3.05) is 20.1 Å². The number of likely N-dealkylation sites (N-methyl/N-ethyl adjacent to an activating group) is 1. The molecule has 0 spiro atoms. The second-order valence-electron chi connectivity index (χ2n) is 2.31. The fourth-order valence-corrected chi connectivity index (χ4v) is 0.987. The summed E-state index contributed by atoms with van der Waals surface area (Å²) in [4.78, 5) is 0. The van der Waals surface area contributed by atoms with Crippen LogP contribution in [0.2, 0.25) is 0 Å². The molecule has 1 saturated heterocycles. The van der Waals surface area contributed by atoms with E-state index in [-0.39, 0.29) is 0 Å². The number of nitrogens with zero attached hydrogens (tertiary/aromatic N) is 1. The number of hydrogen-bond acceptors (Lipinski definition) is 3. The molecule has 0 amide bonds. The highest BCUT2D eigenvalue weighted by atomic mass is 15.4. The van der Waals surface area contributed by atoms with Crippen LogP contribution >= 0.6 is 0 Å². The van der Waals surface area contributed by atoms with Crippen LogP contribution in [0, 0.1) is 0 Å². The van der Waals surface area contributed by atoms with E-state index in [1.807, 2.05) is 7.05 Å². The fourth-order valence-electron chi connectivity index (χ4n) is 0.987. The van der Waals surface area contributed by atoms with Crippen LogP contribution in [0.3, 0.4) is 0 Å². The fraction of sp³-hybridized carbons (Fsp3) is 1.00. The molecule has 1 atom stereocenters. The molecule has 1 heterocycles. The Labute approximate surface area is 49.8 Å². The van der Waals surface area contributed by atoms with E-state index in [0.717, 1.165) is 13.1 Å². The molecule has 1 aliphatic heterocycles. The van der Waals surface area contributed by atoms with Crippen molar-refractivity contribution < 1.29 is 0 Å². The van der Waals surface area contributed by atoms with Gasteiger partial charge in [-0.1, -0.05) is 0 Å². The lowest BCUT2D eigenvalue weighted by Crippen LogP contribution is -2.38. The average molecular weight is 115 g/mol. The van der Waals surface area contributed by atoms with E-state index in [1.54, 1.807) is 5.01 Å². The second kappa shape index (κ2) is 2.44. The van der Waals surface area contributed by atoms with Gasteiger partial charge in [-0.15, -0.1) is 0 Å². The topological polar surface area (TPSA) is 41.3 Å². The van der Waals surface area contributed by atoms with E-state index < -0.39 is 0 Å². The van der Waals surface area contributed by atoms with Crippen LogP contribution in [0.1, 0.15) is 6.42 Å². The van der Waals surface area contributed by atoms with Crippen molar-refractivity contribution in [2.45, 2.75) is 12.5 Å². The van der Waals surface area contributed by atoms with Crippen LogP contribution in [0.4, 0.5) is 0 Å². The molecule has 0 radical (unpaired) electrons. The first-order valence-electron chi connectivity index (χ1n) is 2.99. The number of nitrogens with two attached hydrogens (primary N) is 1. The van der Waals surface area contributed by atoms with Crippen LogP contribution in [-0.2, 0) is 0 Å². The molecule has 0 aliphatic carbocycles. The zero-order chi connectivity index (χ0) is 5.98. The predicted molar refractivity (Wildman–Crippen MR) is 33.2 cm³/mol. The number of rotatable bonds is 1. The van der Waals surface area contributed by atoms with Gasteiger partial charge in [0.1, 0.15) is 0 Å². The van der Waals surface area contributed by atoms with Crippen molar-refractivity contribution in [3.63, 3.8) is 0 Å². The third-order valence-electron chi connectivity index (χ3n) is 1.61. The lowest BCUT2D eigenvalue weighted by atomic mass is 10.3. The van der Waals surface area contributed by atoms with Gasteiger partial charge in [-0.3, -0.25) is 5.84 Å². The predicted octanol–water partition coefficient (Wildman–Crippen LogP) is -0.846. The minimum absolute atomic E-state index is 0.565. The van der Waals surface area contributed by atoms with Gasteiger partial charge >= 0.3 is 0 Å². The maximum atomic E-state index is 5.49.